The summed E-state index contributed by atoms with van der Waals surface area (Å²) in [4.78, 5) is 12.5. The summed E-state index contributed by atoms with van der Waals surface area (Å²) < 4.78 is 1.54. The molecular weight excluding hydrogens is 329 g/mol. The first kappa shape index (κ1) is 14.3. The van der Waals surface area contributed by atoms with Crippen molar-refractivity contribution >= 4 is 35.0 Å². The SMILES string of the molecule is Clc1ccc(CSc2nc(Cl)nc(-n3cccn3)n2)cc1. The quantitative estimate of drug-likeness (QED) is 0.680. The second-order valence-corrected chi connectivity index (χ2v) is 5.77. The van der Waals surface area contributed by atoms with E-state index in [0.717, 1.165) is 11.3 Å². The normalized spacial score (nSPS) is 10.8. The van der Waals surface area contributed by atoms with Crippen LogP contribution >= 0.6 is 35.0 Å². The van der Waals surface area contributed by atoms with Crippen molar-refractivity contribution in [2.24, 2.45) is 0 Å². The zero-order chi connectivity index (χ0) is 14.7. The zero-order valence-electron chi connectivity index (χ0n) is 10.6. The van der Waals surface area contributed by atoms with Crippen molar-refractivity contribution in [3.8, 4) is 5.95 Å². The summed E-state index contributed by atoms with van der Waals surface area (Å²) in [6.45, 7) is 0. The molecule has 0 atom stereocenters. The van der Waals surface area contributed by atoms with Crippen LogP contribution in [0.4, 0.5) is 0 Å². The fourth-order valence-corrected chi connectivity index (χ4v) is 2.72. The van der Waals surface area contributed by atoms with Crippen LogP contribution in [0.2, 0.25) is 10.3 Å². The fraction of sp³-hybridized carbons (Fsp3) is 0.0769. The van der Waals surface area contributed by atoms with E-state index in [-0.39, 0.29) is 5.28 Å². The predicted molar refractivity (Wildman–Crippen MR) is 83.0 cm³/mol. The standard InChI is InChI=1S/C13H9Cl2N5S/c14-10-4-2-9(3-5-10)8-21-13-18-11(15)17-12(19-13)20-7-1-6-16-20/h1-7H,8H2. The molecule has 3 rings (SSSR count). The van der Waals surface area contributed by atoms with Crippen LogP contribution in [-0.2, 0) is 5.75 Å². The van der Waals surface area contributed by atoms with Gasteiger partial charge in [-0.25, -0.2) is 4.68 Å². The molecule has 3 aromatic rings. The maximum absolute atomic E-state index is 5.94. The maximum Gasteiger partial charge on any atom is 0.255 e. The Hall–Kier alpha value is -1.63. The molecule has 2 aromatic heterocycles. The third-order valence-electron chi connectivity index (χ3n) is 2.57. The third kappa shape index (κ3) is 3.72. The van der Waals surface area contributed by atoms with Gasteiger partial charge in [0.25, 0.3) is 5.95 Å². The number of halogens is 2. The average Bonchev–Trinajstić information content (AvgIpc) is 3.00. The number of rotatable bonds is 4. The van der Waals surface area contributed by atoms with Crippen LogP contribution in [-0.4, -0.2) is 24.7 Å². The van der Waals surface area contributed by atoms with Gasteiger partial charge in [0.1, 0.15) is 0 Å². The smallest absolute Gasteiger partial charge is 0.206 e. The molecule has 0 aliphatic carbocycles. The highest BCUT2D eigenvalue weighted by Crippen LogP contribution is 2.22. The van der Waals surface area contributed by atoms with Crippen LogP contribution in [0.15, 0.2) is 47.9 Å². The Labute approximate surface area is 135 Å². The molecule has 0 radical (unpaired) electrons. The van der Waals surface area contributed by atoms with Crippen molar-refractivity contribution in [1.82, 2.24) is 24.7 Å². The topological polar surface area (TPSA) is 56.5 Å². The molecule has 106 valence electrons. The zero-order valence-corrected chi connectivity index (χ0v) is 13.0. The first-order valence-corrected chi connectivity index (χ1v) is 7.74. The highest BCUT2D eigenvalue weighted by molar-refractivity contribution is 7.98. The summed E-state index contributed by atoms with van der Waals surface area (Å²) in [7, 11) is 0. The molecule has 0 saturated carbocycles. The van der Waals surface area contributed by atoms with Gasteiger partial charge in [-0.3, -0.25) is 0 Å². The molecule has 0 aliphatic rings. The molecule has 2 heterocycles. The van der Waals surface area contributed by atoms with Crippen LogP contribution < -0.4 is 0 Å². The van der Waals surface area contributed by atoms with E-state index in [1.807, 2.05) is 24.3 Å². The van der Waals surface area contributed by atoms with Crippen molar-refractivity contribution in [3.63, 3.8) is 0 Å². The molecule has 0 unspecified atom stereocenters. The van der Waals surface area contributed by atoms with E-state index in [9.17, 15) is 0 Å². The fourth-order valence-electron chi connectivity index (χ4n) is 1.60. The lowest BCUT2D eigenvalue weighted by Crippen LogP contribution is -2.04. The lowest BCUT2D eigenvalue weighted by atomic mass is 10.2. The predicted octanol–water partition coefficient (Wildman–Crippen LogP) is 3.66. The number of hydrogen-bond acceptors (Lipinski definition) is 5. The maximum atomic E-state index is 5.94. The van der Waals surface area contributed by atoms with Gasteiger partial charge in [-0.15, -0.1) is 0 Å². The van der Waals surface area contributed by atoms with E-state index >= 15 is 0 Å². The Kier molecular flexibility index (Phi) is 4.38. The minimum atomic E-state index is 0.147. The summed E-state index contributed by atoms with van der Waals surface area (Å²) in [6, 6.07) is 9.43. The second-order valence-electron chi connectivity index (χ2n) is 4.05. The average molecular weight is 338 g/mol. The van der Waals surface area contributed by atoms with Gasteiger partial charge in [0, 0.05) is 23.2 Å². The molecule has 0 spiro atoms. The third-order valence-corrected chi connectivity index (χ3v) is 3.91. The van der Waals surface area contributed by atoms with Gasteiger partial charge in [0.2, 0.25) is 5.28 Å². The largest absolute Gasteiger partial charge is 0.255 e. The summed E-state index contributed by atoms with van der Waals surface area (Å²) >= 11 is 13.3. The molecule has 21 heavy (non-hydrogen) atoms. The van der Waals surface area contributed by atoms with E-state index in [0.29, 0.717) is 16.1 Å². The molecule has 0 saturated heterocycles. The second kappa shape index (κ2) is 6.43. The lowest BCUT2D eigenvalue weighted by Gasteiger charge is -2.04. The van der Waals surface area contributed by atoms with Crippen molar-refractivity contribution in [2.45, 2.75) is 10.9 Å². The lowest BCUT2D eigenvalue weighted by molar-refractivity contribution is 0.758. The first-order chi connectivity index (χ1) is 10.2. The van der Waals surface area contributed by atoms with Gasteiger partial charge < -0.3 is 0 Å². The van der Waals surface area contributed by atoms with Crippen LogP contribution in [0.5, 0.6) is 0 Å². The molecule has 0 aliphatic heterocycles. The monoisotopic (exact) mass is 337 g/mol. The van der Waals surface area contributed by atoms with E-state index in [1.54, 1.807) is 23.1 Å². The summed E-state index contributed by atoms with van der Waals surface area (Å²) in [6.07, 6.45) is 3.40. The number of hydrogen-bond donors (Lipinski definition) is 0. The van der Waals surface area contributed by atoms with E-state index < -0.39 is 0 Å². The molecular formula is C13H9Cl2N5S. The van der Waals surface area contributed by atoms with E-state index in [2.05, 4.69) is 20.1 Å². The van der Waals surface area contributed by atoms with Crippen LogP contribution in [0.25, 0.3) is 5.95 Å². The molecule has 0 amide bonds. The van der Waals surface area contributed by atoms with Gasteiger partial charge in [-0.1, -0.05) is 35.5 Å². The van der Waals surface area contributed by atoms with Crippen molar-refractivity contribution in [3.05, 3.63) is 58.6 Å². The number of aromatic nitrogens is 5. The van der Waals surface area contributed by atoms with Gasteiger partial charge in [-0.2, -0.15) is 20.1 Å². The van der Waals surface area contributed by atoms with E-state index in [1.165, 1.54) is 11.8 Å². The Bertz CT molecular complexity index is 731. The Morgan fingerprint density at radius 2 is 1.86 bits per heavy atom. The molecule has 0 fully saturated rings. The summed E-state index contributed by atoms with van der Waals surface area (Å²) in [5, 5.41) is 5.49. The van der Waals surface area contributed by atoms with Crippen molar-refractivity contribution in [1.29, 1.82) is 0 Å². The highest BCUT2D eigenvalue weighted by atomic mass is 35.5. The van der Waals surface area contributed by atoms with Gasteiger partial charge in [-0.05, 0) is 35.4 Å². The number of nitrogens with zero attached hydrogens (tertiary/aromatic N) is 5. The first-order valence-electron chi connectivity index (χ1n) is 5.99. The van der Waals surface area contributed by atoms with Crippen LogP contribution in [0.1, 0.15) is 5.56 Å². The highest BCUT2D eigenvalue weighted by Gasteiger charge is 2.08. The molecule has 1 aromatic carbocycles. The Balaban J connectivity index is 1.78. The summed E-state index contributed by atoms with van der Waals surface area (Å²) in [5.41, 5.74) is 1.13. The summed E-state index contributed by atoms with van der Waals surface area (Å²) in [5.74, 6) is 1.12. The minimum Gasteiger partial charge on any atom is -0.206 e. The molecule has 5 nitrogen and oxygen atoms in total. The number of benzene rings is 1. The van der Waals surface area contributed by atoms with Gasteiger partial charge >= 0.3 is 0 Å². The van der Waals surface area contributed by atoms with E-state index in [4.69, 9.17) is 23.2 Å². The van der Waals surface area contributed by atoms with Crippen molar-refractivity contribution < 1.29 is 0 Å². The Morgan fingerprint density at radius 3 is 2.57 bits per heavy atom. The number of thioether (sulfide) groups is 1. The minimum absolute atomic E-state index is 0.147. The Morgan fingerprint density at radius 1 is 1.05 bits per heavy atom. The molecule has 0 N–H and O–H groups in total. The van der Waals surface area contributed by atoms with Crippen molar-refractivity contribution in [2.75, 3.05) is 0 Å². The van der Waals surface area contributed by atoms with Gasteiger partial charge in [0.15, 0.2) is 5.16 Å². The van der Waals surface area contributed by atoms with Crippen LogP contribution in [0, 0.1) is 0 Å². The molecule has 0 bridgehead atoms. The van der Waals surface area contributed by atoms with Crippen LogP contribution in [0.3, 0.4) is 0 Å². The molecule has 8 heteroatoms. The van der Waals surface area contributed by atoms with Gasteiger partial charge in [0.05, 0.1) is 0 Å².